The standard InChI is InChI=1S/C21H30FN7/c1-3-23-20(26-12-7-13-27(2)19-9-5-4-8-18(19)22)28-14-16-29(17-15-28)21-24-10-6-11-25-21/h4-6,8-11H,3,7,12-17H2,1-2H3,(H,23,26). The summed E-state index contributed by atoms with van der Waals surface area (Å²) in [6.07, 6.45) is 4.41. The minimum absolute atomic E-state index is 0.188. The second kappa shape index (κ2) is 10.6. The van der Waals surface area contributed by atoms with E-state index in [4.69, 9.17) is 4.99 Å². The Morgan fingerprint density at radius 2 is 1.86 bits per heavy atom. The molecule has 1 aliphatic rings. The molecule has 156 valence electrons. The molecule has 0 radical (unpaired) electrons. The van der Waals surface area contributed by atoms with Crippen LogP contribution in [-0.2, 0) is 0 Å². The first kappa shape index (κ1) is 20.8. The Balaban J connectivity index is 1.49. The number of aliphatic imine (C=N–C) groups is 1. The van der Waals surface area contributed by atoms with Gasteiger partial charge in [0.15, 0.2) is 5.96 Å². The average Bonchev–Trinajstić information content (AvgIpc) is 2.77. The van der Waals surface area contributed by atoms with Crippen LogP contribution in [0.1, 0.15) is 13.3 Å². The number of anilines is 2. The third kappa shape index (κ3) is 5.79. The molecule has 3 rings (SSSR count). The fourth-order valence-corrected chi connectivity index (χ4v) is 3.37. The minimum Gasteiger partial charge on any atom is -0.372 e. The number of benzene rings is 1. The van der Waals surface area contributed by atoms with E-state index in [2.05, 4.69) is 32.0 Å². The summed E-state index contributed by atoms with van der Waals surface area (Å²) in [4.78, 5) is 19.9. The van der Waals surface area contributed by atoms with Crippen molar-refractivity contribution in [1.82, 2.24) is 20.2 Å². The van der Waals surface area contributed by atoms with Crippen LogP contribution in [0.4, 0.5) is 16.0 Å². The summed E-state index contributed by atoms with van der Waals surface area (Å²) in [5.41, 5.74) is 0.627. The molecule has 1 aliphatic heterocycles. The van der Waals surface area contributed by atoms with Gasteiger partial charge >= 0.3 is 0 Å². The summed E-state index contributed by atoms with van der Waals surface area (Å²) in [5, 5.41) is 3.39. The Labute approximate surface area is 172 Å². The number of hydrogen-bond donors (Lipinski definition) is 1. The summed E-state index contributed by atoms with van der Waals surface area (Å²) in [6.45, 7) is 7.84. The summed E-state index contributed by atoms with van der Waals surface area (Å²) < 4.78 is 13.9. The second-order valence-electron chi connectivity index (χ2n) is 6.99. The molecule has 8 heteroatoms. The zero-order valence-electron chi connectivity index (χ0n) is 17.3. The molecule has 2 heterocycles. The highest BCUT2D eigenvalue weighted by molar-refractivity contribution is 5.80. The first-order valence-corrected chi connectivity index (χ1v) is 10.2. The summed E-state index contributed by atoms with van der Waals surface area (Å²) in [7, 11) is 1.91. The number of aromatic nitrogens is 2. The lowest BCUT2D eigenvalue weighted by Crippen LogP contribution is -2.53. The quantitative estimate of drug-likeness (QED) is 0.438. The van der Waals surface area contributed by atoms with Crippen LogP contribution in [0.15, 0.2) is 47.7 Å². The number of hydrogen-bond acceptors (Lipinski definition) is 5. The van der Waals surface area contributed by atoms with Crippen LogP contribution >= 0.6 is 0 Å². The predicted octanol–water partition coefficient (Wildman–Crippen LogP) is 2.23. The first-order chi connectivity index (χ1) is 14.2. The third-order valence-corrected chi connectivity index (χ3v) is 4.93. The zero-order valence-corrected chi connectivity index (χ0v) is 17.3. The van der Waals surface area contributed by atoms with Crippen molar-refractivity contribution in [2.24, 2.45) is 4.99 Å². The molecule has 2 aromatic rings. The Bertz CT molecular complexity index is 776. The Hall–Kier alpha value is -2.90. The van der Waals surface area contributed by atoms with Crippen LogP contribution in [0, 0.1) is 5.82 Å². The second-order valence-corrected chi connectivity index (χ2v) is 6.99. The van der Waals surface area contributed by atoms with E-state index in [9.17, 15) is 4.39 Å². The van der Waals surface area contributed by atoms with E-state index >= 15 is 0 Å². The maximum atomic E-state index is 13.9. The van der Waals surface area contributed by atoms with Gasteiger partial charge in [0.1, 0.15) is 5.82 Å². The van der Waals surface area contributed by atoms with Crippen LogP contribution in [-0.4, -0.2) is 73.7 Å². The maximum absolute atomic E-state index is 13.9. The lowest BCUT2D eigenvalue weighted by atomic mass is 10.2. The van der Waals surface area contributed by atoms with Gasteiger partial charge in [0.05, 0.1) is 5.69 Å². The topological polar surface area (TPSA) is 59.9 Å². The van der Waals surface area contributed by atoms with Crippen molar-refractivity contribution in [2.45, 2.75) is 13.3 Å². The van der Waals surface area contributed by atoms with Gasteiger partial charge < -0.3 is 20.0 Å². The highest BCUT2D eigenvalue weighted by atomic mass is 19.1. The summed E-state index contributed by atoms with van der Waals surface area (Å²) in [5.74, 6) is 1.53. The molecule has 1 aromatic heterocycles. The summed E-state index contributed by atoms with van der Waals surface area (Å²) in [6, 6.07) is 8.70. The maximum Gasteiger partial charge on any atom is 0.225 e. The molecule has 0 aliphatic carbocycles. The van der Waals surface area contributed by atoms with E-state index in [-0.39, 0.29) is 5.82 Å². The van der Waals surface area contributed by atoms with Gasteiger partial charge in [-0.3, -0.25) is 4.99 Å². The zero-order chi connectivity index (χ0) is 20.5. The molecule has 7 nitrogen and oxygen atoms in total. The molecule has 1 N–H and O–H groups in total. The molecule has 0 spiro atoms. The molecule has 0 saturated carbocycles. The SMILES string of the molecule is CCNC(=NCCCN(C)c1ccccc1F)N1CCN(c2ncccn2)CC1. The Morgan fingerprint density at radius 3 is 2.55 bits per heavy atom. The van der Waals surface area contributed by atoms with E-state index in [1.54, 1.807) is 24.5 Å². The van der Waals surface area contributed by atoms with Crippen molar-refractivity contribution in [2.75, 3.05) is 62.7 Å². The van der Waals surface area contributed by atoms with E-state index in [1.807, 2.05) is 24.1 Å². The first-order valence-electron chi connectivity index (χ1n) is 10.2. The minimum atomic E-state index is -0.188. The number of nitrogens with one attached hydrogen (secondary N) is 1. The molecule has 0 bridgehead atoms. The monoisotopic (exact) mass is 399 g/mol. The van der Waals surface area contributed by atoms with Gasteiger partial charge in [-0.2, -0.15) is 0 Å². The molecule has 0 amide bonds. The van der Waals surface area contributed by atoms with E-state index in [1.165, 1.54) is 6.07 Å². The largest absolute Gasteiger partial charge is 0.372 e. The third-order valence-electron chi connectivity index (χ3n) is 4.93. The van der Waals surface area contributed by atoms with Crippen LogP contribution in [0.5, 0.6) is 0 Å². The number of guanidine groups is 1. The summed E-state index contributed by atoms with van der Waals surface area (Å²) >= 11 is 0. The smallest absolute Gasteiger partial charge is 0.225 e. The van der Waals surface area contributed by atoms with Crippen molar-refractivity contribution < 1.29 is 4.39 Å². The Kier molecular flexibility index (Phi) is 7.61. The van der Waals surface area contributed by atoms with Crippen molar-refractivity contribution in [3.63, 3.8) is 0 Å². The lowest BCUT2D eigenvalue weighted by molar-refractivity contribution is 0.370. The molecule has 1 saturated heterocycles. The number of halogens is 1. The number of piperazine rings is 1. The number of nitrogens with zero attached hydrogens (tertiary/aromatic N) is 6. The van der Waals surface area contributed by atoms with Crippen LogP contribution in [0.2, 0.25) is 0 Å². The molecule has 1 fully saturated rings. The van der Waals surface area contributed by atoms with Crippen molar-refractivity contribution >= 4 is 17.6 Å². The molecule has 29 heavy (non-hydrogen) atoms. The predicted molar refractivity (Wildman–Crippen MR) is 116 cm³/mol. The van der Waals surface area contributed by atoms with Gasteiger partial charge in [-0.05, 0) is 31.5 Å². The van der Waals surface area contributed by atoms with Crippen LogP contribution in [0.25, 0.3) is 0 Å². The van der Waals surface area contributed by atoms with Gasteiger partial charge in [0.2, 0.25) is 5.95 Å². The molecule has 1 aromatic carbocycles. The lowest BCUT2D eigenvalue weighted by Gasteiger charge is -2.36. The van der Waals surface area contributed by atoms with Gasteiger partial charge in [-0.15, -0.1) is 0 Å². The van der Waals surface area contributed by atoms with Gasteiger partial charge in [-0.1, -0.05) is 12.1 Å². The normalized spacial score (nSPS) is 14.8. The van der Waals surface area contributed by atoms with Crippen LogP contribution in [0.3, 0.4) is 0 Å². The highest BCUT2D eigenvalue weighted by Gasteiger charge is 2.21. The van der Waals surface area contributed by atoms with Gasteiger partial charge in [0.25, 0.3) is 0 Å². The van der Waals surface area contributed by atoms with Gasteiger partial charge in [0, 0.05) is 65.3 Å². The number of rotatable bonds is 7. The fraction of sp³-hybridized carbons (Fsp3) is 0.476. The molecule has 0 unspecified atom stereocenters. The Morgan fingerprint density at radius 1 is 1.14 bits per heavy atom. The molecular weight excluding hydrogens is 369 g/mol. The molecule has 0 atom stereocenters. The number of para-hydroxylation sites is 1. The van der Waals surface area contributed by atoms with Crippen molar-refractivity contribution in [1.29, 1.82) is 0 Å². The molecular formula is C21H30FN7. The van der Waals surface area contributed by atoms with Crippen molar-refractivity contribution in [3.8, 4) is 0 Å². The van der Waals surface area contributed by atoms with Crippen LogP contribution < -0.4 is 15.1 Å². The van der Waals surface area contributed by atoms with E-state index in [0.717, 1.165) is 57.6 Å². The fourth-order valence-electron chi connectivity index (χ4n) is 3.37. The van der Waals surface area contributed by atoms with Gasteiger partial charge in [-0.25, -0.2) is 14.4 Å². The highest BCUT2D eigenvalue weighted by Crippen LogP contribution is 2.17. The van der Waals surface area contributed by atoms with Crippen molar-refractivity contribution in [3.05, 3.63) is 48.5 Å². The van der Waals surface area contributed by atoms with E-state index < -0.39 is 0 Å². The van der Waals surface area contributed by atoms with E-state index in [0.29, 0.717) is 12.2 Å². The average molecular weight is 400 g/mol.